The minimum absolute atomic E-state index is 0.0465. The topological polar surface area (TPSA) is 35.6 Å². The Morgan fingerprint density at radius 1 is 1.32 bits per heavy atom. The Morgan fingerprint density at radius 3 is 2.79 bits per heavy atom. The van der Waals surface area contributed by atoms with Gasteiger partial charge in [-0.25, -0.2) is 0 Å². The summed E-state index contributed by atoms with van der Waals surface area (Å²) in [4.78, 5) is 16.9. The summed E-state index contributed by atoms with van der Waals surface area (Å²) in [7, 11) is 1.97. The highest BCUT2D eigenvalue weighted by atomic mass is 16.2. The maximum Gasteiger partial charge on any atom is 0.239 e. The van der Waals surface area contributed by atoms with E-state index in [1.54, 1.807) is 0 Å². The van der Waals surface area contributed by atoms with E-state index in [4.69, 9.17) is 0 Å². The van der Waals surface area contributed by atoms with Crippen molar-refractivity contribution < 1.29 is 4.79 Å². The maximum absolute atomic E-state index is 12.5. The summed E-state index contributed by atoms with van der Waals surface area (Å²) in [5, 5.41) is 3.44. The molecule has 0 saturated carbocycles. The van der Waals surface area contributed by atoms with E-state index < -0.39 is 0 Å². The molecule has 0 aromatic rings. The quantitative estimate of drug-likeness (QED) is 0.837. The van der Waals surface area contributed by atoms with E-state index in [0.717, 1.165) is 19.5 Å². The number of hydrogen-bond acceptors (Lipinski definition) is 3. The van der Waals surface area contributed by atoms with Crippen LogP contribution in [0.1, 0.15) is 46.0 Å². The molecule has 2 aliphatic heterocycles. The molecule has 0 aromatic heterocycles. The normalized spacial score (nSPS) is 32.5. The molecule has 0 radical (unpaired) electrons. The first-order valence-corrected chi connectivity index (χ1v) is 7.87. The summed E-state index contributed by atoms with van der Waals surface area (Å²) in [5.74, 6) is 0.287. The zero-order valence-electron chi connectivity index (χ0n) is 12.7. The Bertz CT molecular complexity index is 308. The molecule has 2 saturated heterocycles. The van der Waals surface area contributed by atoms with Crippen molar-refractivity contribution in [1.29, 1.82) is 0 Å². The van der Waals surface area contributed by atoms with E-state index >= 15 is 0 Å². The van der Waals surface area contributed by atoms with Crippen LogP contribution >= 0.6 is 0 Å². The lowest BCUT2D eigenvalue weighted by atomic mass is 9.98. The third kappa shape index (κ3) is 3.69. The lowest BCUT2D eigenvalue weighted by Crippen LogP contribution is -2.52. The fourth-order valence-corrected chi connectivity index (χ4v) is 3.52. The number of hydrogen-bond donors (Lipinski definition) is 1. The monoisotopic (exact) mass is 267 g/mol. The van der Waals surface area contributed by atoms with Crippen LogP contribution in [0.4, 0.5) is 0 Å². The molecule has 0 aromatic carbocycles. The molecule has 4 heteroatoms. The molecule has 110 valence electrons. The molecular formula is C15H29N3O. The molecule has 0 bridgehead atoms. The molecule has 0 spiro atoms. The smallest absolute Gasteiger partial charge is 0.239 e. The number of rotatable bonds is 4. The van der Waals surface area contributed by atoms with E-state index in [1.165, 1.54) is 32.2 Å². The number of piperidine rings is 1. The molecule has 4 nitrogen and oxygen atoms in total. The van der Waals surface area contributed by atoms with Crippen molar-refractivity contribution in [2.75, 3.05) is 26.7 Å². The van der Waals surface area contributed by atoms with Gasteiger partial charge in [-0.2, -0.15) is 0 Å². The second-order valence-electron chi connectivity index (χ2n) is 6.19. The highest BCUT2D eigenvalue weighted by Crippen LogP contribution is 2.19. The van der Waals surface area contributed by atoms with Crippen LogP contribution in [0.5, 0.6) is 0 Å². The average Bonchev–Trinajstić information content (AvgIpc) is 2.85. The van der Waals surface area contributed by atoms with Crippen molar-refractivity contribution >= 4 is 5.91 Å². The number of carbonyl (C=O) groups is 1. The number of carbonyl (C=O) groups excluding carboxylic acids is 1. The minimum Gasteiger partial charge on any atom is -0.343 e. The van der Waals surface area contributed by atoms with Crippen LogP contribution in [0, 0.1) is 0 Å². The highest BCUT2D eigenvalue weighted by molar-refractivity contribution is 5.81. The van der Waals surface area contributed by atoms with E-state index in [2.05, 4.69) is 24.1 Å². The second kappa shape index (κ2) is 6.71. The van der Waals surface area contributed by atoms with Crippen LogP contribution in [-0.2, 0) is 4.79 Å². The highest BCUT2D eigenvalue weighted by Gasteiger charge is 2.30. The first-order valence-electron chi connectivity index (χ1n) is 7.87. The zero-order chi connectivity index (χ0) is 13.8. The van der Waals surface area contributed by atoms with Crippen molar-refractivity contribution in [3.8, 4) is 0 Å². The first-order chi connectivity index (χ1) is 9.11. The van der Waals surface area contributed by atoms with Gasteiger partial charge in [-0.1, -0.05) is 6.92 Å². The molecule has 2 fully saturated rings. The SMILES string of the molecule is CCN1CCCC1CN(C)C(=O)C1CCCC(C)N1. The lowest BCUT2D eigenvalue weighted by Gasteiger charge is -2.33. The summed E-state index contributed by atoms with van der Waals surface area (Å²) in [6, 6.07) is 1.10. The van der Waals surface area contributed by atoms with Gasteiger partial charge in [-0.3, -0.25) is 9.69 Å². The summed E-state index contributed by atoms with van der Waals surface area (Å²) >= 11 is 0. The number of nitrogens with one attached hydrogen (secondary N) is 1. The molecule has 0 aliphatic carbocycles. The zero-order valence-corrected chi connectivity index (χ0v) is 12.7. The first kappa shape index (κ1) is 14.8. The van der Waals surface area contributed by atoms with Gasteiger partial charge in [0.25, 0.3) is 0 Å². The number of amides is 1. The number of nitrogens with zero attached hydrogens (tertiary/aromatic N) is 2. The molecule has 1 amide bonds. The summed E-state index contributed by atoms with van der Waals surface area (Å²) in [6.45, 7) is 7.58. The van der Waals surface area contributed by atoms with E-state index in [0.29, 0.717) is 12.1 Å². The van der Waals surface area contributed by atoms with Crippen molar-refractivity contribution in [3.63, 3.8) is 0 Å². The summed E-state index contributed by atoms with van der Waals surface area (Å²) < 4.78 is 0. The van der Waals surface area contributed by atoms with Gasteiger partial charge in [0, 0.05) is 25.7 Å². The van der Waals surface area contributed by atoms with E-state index in [1.807, 2.05) is 11.9 Å². The van der Waals surface area contributed by atoms with Crippen molar-refractivity contribution in [3.05, 3.63) is 0 Å². The van der Waals surface area contributed by atoms with E-state index in [-0.39, 0.29) is 11.9 Å². The van der Waals surface area contributed by atoms with Gasteiger partial charge in [0.15, 0.2) is 0 Å². The van der Waals surface area contributed by atoms with Gasteiger partial charge in [-0.15, -0.1) is 0 Å². The average molecular weight is 267 g/mol. The maximum atomic E-state index is 12.5. The lowest BCUT2D eigenvalue weighted by molar-refractivity contribution is -0.133. The van der Waals surface area contributed by atoms with Crippen LogP contribution in [-0.4, -0.2) is 60.5 Å². The molecular weight excluding hydrogens is 238 g/mol. The molecule has 2 aliphatic rings. The fraction of sp³-hybridized carbons (Fsp3) is 0.933. The van der Waals surface area contributed by atoms with Crippen molar-refractivity contribution in [2.24, 2.45) is 0 Å². The molecule has 2 heterocycles. The Labute approximate surface area is 117 Å². The largest absolute Gasteiger partial charge is 0.343 e. The van der Waals surface area contributed by atoms with Gasteiger partial charge >= 0.3 is 0 Å². The fourth-order valence-electron chi connectivity index (χ4n) is 3.52. The third-order valence-corrected chi connectivity index (χ3v) is 4.68. The molecule has 3 atom stereocenters. The standard InChI is InChI=1S/C15H29N3O/c1-4-18-10-6-8-13(18)11-17(3)15(19)14-9-5-7-12(2)16-14/h12-14,16H,4-11H2,1-3H3. The summed E-state index contributed by atoms with van der Waals surface area (Å²) in [6.07, 6.45) is 5.87. The third-order valence-electron chi connectivity index (χ3n) is 4.68. The van der Waals surface area contributed by atoms with Gasteiger partial charge < -0.3 is 10.2 Å². The molecule has 2 rings (SSSR count). The summed E-state index contributed by atoms with van der Waals surface area (Å²) in [5.41, 5.74) is 0. The Hall–Kier alpha value is -0.610. The van der Waals surface area contributed by atoms with Crippen molar-refractivity contribution in [2.45, 2.75) is 64.1 Å². The van der Waals surface area contributed by atoms with Gasteiger partial charge in [-0.05, 0) is 52.1 Å². The van der Waals surface area contributed by atoms with E-state index in [9.17, 15) is 4.79 Å². The molecule has 1 N–H and O–H groups in total. The van der Waals surface area contributed by atoms with Crippen LogP contribution in [0.25, 0.3) is 0 Å². The number of likely N-dealkylation sites (tertiary alicyclic amines) is 1. The van der Waals surface area contributed by atoms with Gasteiger partial charge in [0.05, 0.1) is 6.04 Å². The van der Waals surface area contributed by atoms with Crippen LogP contribution in [0.3, 0.4) is 0 Å². The second-order valence-corrected chi connectivity index (χ2v) is 6.19. The predicted molar refractivity (Wildman–Crippen MR) is 78.1 cm³/mol. The van der Waals surface area contributed by atoms with Gasteiger partial charge in [0.1, 0.15) is 0 Å². The van der Waals surface area contributed by atoms with Crippen LogP contribution in [0.15, 0.2) is 0 Å². The van der Waals surface area contributed by atoms with Crippen molar-refractivity contribution in [1.82, 2.24) is 15.1 Å². The van der Waals surface area contributed by atoms with Crippen LogP contribution < -0.4 is 5.32 Å². The minimum atomic E-state index is 0.0465. The Balaban J connectivity index is 1.84. The predicted octanol–water partition coefficient (Wildman–Crippen LogP) is 1.46. The molecule has 19 heavy (non-hydrogen) atoms. The molecule has 3 unspecified atom stereocenters. The van der Waals surface area contributed by atoms with Crippen LogP contribution in [0.2, 0.25) is 0 Å². The number of likely N-dealkylation sites (N-methyl/N-ethyl adjacent to an activating group) is 2. The Morgan fingerprint density at radius 2 is 2.11 bits per heavy atom. The van der Waals surface area contributed by atoms with Gasteiger partial charge in [0.2, 0.25) is 5.91 Å². The Kier molecular flexibility index (Phi) is 5.22.